The van der Waals surface area contributed by atoms with E-state index < -0.39 is 6.10 Å². The second-order valence-electron chi connectivity index (χ2n) is 16.0. The van der Waals surface area contributed by atoms with E-state index in [2.05, 4.69) is 81.5 Å². The fourth-order valence-electron chi connectivity index (χ4n) is 6.57. The summed E-state index contributed by atoms with van der Waals surface area (Å²) in [6.07, 6.45) is 56.2. The minimum absolute atomic E-state index is 0.0860. The van der Waals surface area contributed by atoms with E-state index in [9.17, 15) is 14.4 Å². The molecule has 0 aliphatic heterocycles. The zero-order valence-corrected chi connectivity index (χ0v) is 38.0. The molecule has 0 bridgehead atoms. The van der Waals surface area contributed by atoms with Crippen LogP contribution in [0.1, 0.15) is 233 Å². The summed E-state index contributed by atoms with van der Waals surface area (Å²) in [5.74, 6) is -0.916. The first kappa shape index (κ1) is 55.1. The number of rotatable bonds is 43. The van der Waals surface area contributed by atoms with Gasteiger partial charge in [-0.2, -0.15) is 0 Å². The van der Waals surface area contributed by atoms with Crippen molar-refractivity contribution >= 4 is 17.9 Å². The predicted molar refractivity (Wildman–Crippen MR) is 247 cm³/mol. The average Bonchev–Trinajstić information content (AvgIpc) is 3.22. The molecule has 0 spiro atoms. The molecule has 0 fully saturated rings. The van der Waals surface area contributed by atoms with Gasteiger partial charge in [0.25, 0.3) is 0 Å². The van der Waals surface area contributed by atoms with Crippen LogP contribution in [0.15, 0.2) is 60.8 Å². The average molecular weight is 811 g/mol. The van der Waals surface area contributed by atoms with Crippen molar-refractivity contribution in [3.05, 3.63) is 60.8 Å². The minimum atomic E-state index is -0.784. The van der Waals surface area contributed by atoms with Crippen molar-refractivity contribution in [2.75, 3.05) is 13.2 Å². The topological polar surface area (TPSA) is 78.9 Å². The van der Waals surface area contributed by atoms with E-state index in [0.29, 0.717) is 19.3 Å². The van der Waals surface area contributed by atoms with E-state index in [4.69, 9.17) is 14.2 Å². The van der Waals surface area contributed by atoms with Crippen LogP contribution in [0.3, 0.4) is 0 Å². The van der Waals surface area contributed by atoms with Crippen LogP contribution in [0.2, 0.25) is 0 Å². The van der Waals surface area contributed by atoms with Crippen LogP contribution < -0.4 is 0 Å². The van der Waals surface area contributed by atoms with Gasteiger partial charge in [0.05, 0.1) is 0 Å². The molecule has 0 heterocycles. The summed E-state index contributed by atoms with van der Waals surface area (Å²) >= 11 is 0. The van der Waals surface area contributed by atoms with Crippen molar-refractivity contribution in [3.8, 4) is 0 Å². The molecule has 58 heavy (non-hydrogen) atoms. The molecule has 0 N–H and O–H groups in total. The largest absolute Gasteiger partial charge is 0.462 e. The van der Waals surface area contributed by atoms with Crippen molar-refractivity contribution in [3.63, 3.8) is 0 Å². The zero-order valence-electron chi connectivity index (χ0n) is 38.0. The molecule has 0 aromatic carbocycles. The Kier molecular flexibility index (Phi) is 44.5. The van der Waals surface area contributed by atoms with Crippen molar-refractivity contribution in [2.45, 2.75) is 239 Å². The molecule has 0 aliphatic carbocycles. The van der Waals surface area contributed by atoms with E-state index in [1.54, 1.807) is 0 Å². The van der Waals surface area contributed by atoms with Crippen LogP contribution in [-0.4, -0.2) is 37.2 Å². The van der Waals surface area contributed by atoms with E-state index in [-0.39, 0.29) is 31.1 Å². The number of carbonyl (C=O) groups excluding carboxylic acids is 3. The second-order valence-corrected chi connectivity index (χ2v) is 16.0. The monoisotopic (exact) mass is 811 g/mol. The first-order valence-corrected chi connectivity index (χ1v) is 24.3. The molecule has 0 aromatic rings. The Bertz CT molecular complexity index is 1070. The summed E-state index contributed by atoms with van der Waals surface area (Å²) < 4.78 is 16.7. The zero-order chi connectivity index (χ0) is 42.3. The lowest BCUT2D eigenvalue weighted by atomic mass is 10.1. The lowest BCUT2D eigenvalue weighted by Gasteiger charge is -2.18. The second kappa shape index (κ2) is 46.8. The third kappa shape index (κ3) is 44.2. The Labute approximate surface area is 358 Å². The van der Waals surface area contributed by atoms with Crippen LogP contribution in [-0.2, 0) is 28.6 Å². The highest BCUT2D eigenvalue weighted by atomic mass is 16.6. The quantitative estimate of drug-likeness (QED) is 0.0201. The van der Waals surface area contributed by atoms with E-state index in [1.165, 1.54) is 103 Å². The van der Waals surface area contributed by atoms with E-state index in [0.717, 1.165) is 89.9 Å². The van der Waals surface area contributed by atoms with Gasteiger partial charge in [-0.25, -0.2) is 0 Å². The van der Waals surface area contributed by atoms with Gasteiger partial charge in [-0.05, 0) is 89.9 Å². The Balaban J connectivity index is 4.41. The van der Waals surface area contributed by atoms with Gasteiger partial charge in [-0.15, -0.1) is 0 Å². The maximum atomic E-state index is 12.8. The Morgan fingerprint density at radius 1 is 0.379 bits per heavy atom. The van der Waals surface area contributed by atoms with Crippen LogP contribution in [0.5, 0.6) is 0 Å². The first-order chi connectivity index (χ1) is 28.5. The molecule has 0 saturated carbocycles. The fourth-order valence-corrected chi connectivity index (χ4v) is 6.57. The van der Waals surface area contributed by atoms with Gasteiger partial charge < -0.3 is 14.2 Å². The molecule has 1 atom stereocenters. The third-order valence-corrected chi connectivity index (χ3v) is 10.3. The van der Waals surface area contributed by atoms with Gasteiger partial charge in [0.1, 0.15) is 13.2 Å². The van der Waals surface area contributed by atoms with Gasteiger partial charge in [-0.1, -0.05) is 184 Å². The van der Waals surface area contributed by atoms with Crippen LogP contribution in [0, 0.1) is 0 Å². The van der Waals surface area contributed by atoms with Gasteiger partial charge >= 0.3 is 17.9 Å². The standard InChI is InChI=1S/C52H90O6/c1-4-7-10-13-16-19-22-24-26-28-30-33-36-39-42-45-51(54)57-48-49(47-56-50(53)44-41-38-35-32-29-21-18-15-12-9-6-3)58-52(55)46-43-40-37-34-31-27-25-23-20-17-14-11-8-5-2/h8,11,15-20,22,24,49H,4-7,9-10,12-14,21,23,25-48H2,1-3H3/b11-8-,18-15-,19-16-,20-17-,24-22-. The van der Waals surface area contributed by atoms with Crippen molar-refractivity contribution in [2.24, 2.45) is 0 Å². The Hall–Kier alpha value is -2.89. The number of esters is 3. The fraction of sp³-hybridized carbons (Fsp3) is 0.750. The number of ether oxygens (including phenoxy) is 3. The highest BCUT2D eigenvalue weighted by molar-refractivity contribution is 5.71. The molecule has 334 valence electrons. The number of carbonyl (C=O) groups is 3. The normalized spacial score (nSPS) is 12.5. The predicted octanol–water partition coefficient (Wildman–Crippen LogP) is 15.7. The SMILES string of the molecule is CC/C=C\C/C=C\CCCCCCCCCC(=O)OC(COC(=O)CCCCCCC/C=C\CCCC)COC(=O)CCCCCCCC/C=C\C=C/CCCCC. The Morgan fingerprint density at radius 3 is 1.21 bits per heavy atom. The first-order valence-electron chi connectivity index (χ1n) is 24.3. The van der Waals surface area contributed by atoms with Crippen molar-refractivity contribution < 1.29 is 28.6 Å². The van der Waals surface area contributed by atoms with Crippen molar-refractivity contribution in [1.29, 1.82) is 0 Å². The molecular weight excluding hydrogens is 721 g/mol. The summed E-state index contributed by atoms with van der Waals surface area (Å²) in [6.45, 7) is 6.43. The minimum Gasteiger partial charge on any atom is -0.462 e. The van der Waals surface area contributed by atoms with E-state index >= 15 is 0 Å². The molecule has 0 rings (SSSR count). The highest BCUT2D eigenvalue weighted by Crippen LogP contribution is 2.14. The van der Waals surface area contributed by atoms with Crippen molar-refractivity contribution in [1.82, 2.24) is 0 Å². The smallest absolute Gasteiger partial charge is 0.306 e. The summed E-state index contributed by atoms with van der Waals surface area (Å²) in [7, 11) is 0. The summed E-state index contributed by atoms with van der Waals surface area (Å²) in [6, 6.07) is 0. The molecule has 0 amide bonds. The van der Waals surface area contributed by atoms with Crippen LogP contribution in [0.25, 0.3) is 0 Å². The maximum Gasteiger partial charge on any atom is 0.306 e. The van der Waals surface area contributed by atoms with Crippen LogP contribution >= 0.6 is 0 Å². The molecule has 0 aliphatic rings. The molecule has 0 aromatic heterocycles. The number of hydrogen-bond donors (Lipinski definition) is 0. The summed E-state index contributed by atoms with van der Waals surface area (Å²) in [5.41, 5.74) is 0. The van der Waals surface area contributed by atoms with Gasteiger partial charge in [0, 0.05) is 19.3 Å². The van der Waals surface area contributed by atoms with E-state index in [1.807, 2.05) is 0 Å². The number of unbranched alkanes of at least 4 members (excludes halogenated alkanes) is 23. The number of allylic oxidation sites excluding steroid dienone is 10. The summed E-state index contributed by atoms with van der Waals surface area (Å²) in [4.78, 5) is 37.8. The molecule has 1 unspecified atom stereocenters. The lowest BCUT2D eigenvalue weighted by molar-refractivity contribution is -0.167. The number of hydrogen-bond acceptors (Lipinski definition) is 6. The summed E-state index contributed by atoms with van der Waals surface area (Å²) in [5, 5.41) is 0. The molecule has 6 heteroatoms. The maximum absolute atomic E-state index is 12.8. The molecular formula is C52H90O6. The molecule has 6 nitrogen and oxygen atoms in total. The van der Waals surface area contributed by atoms with Gasteiger partial charge in [0.15, 0.2) is 6.10 Å². The third-order valence-electron chi connectivity index (χ3n) is 10.3. The lowest BCUT2D eigenvalue weighted by Crippen LogP contribution is -2.30. The highest BCUT2D eigenvalue weighted by Gasteiger charge is 2.19. The molecule has 0 radical (unpaired) electrons. The van der Waals surface area contributed by atoms with Gasteiger partial charge in [0.2, 0.25) is 0 Å². The van der Waals surface area contributed by atoms with Crippen LogP contribution in [0.4, 0.5) is 0 Å². The molecule has 0 saturated heterocycles. The van der Waals surface area contributed by atoms with Gasteiger partial charge in [-0.3, -0.25) is 14.4 Å². The Morgan fingerprint density at radius 2 is 0.741 bits per heavy atom.